The molecule has 0 saturated carbocycles. The van der Waals surface area contributed by atoms with E-state index in [1.807, 2.05) is 19.1 Å². The van der Waals surface area contributed by atoms with Crippen LogP contribution in [0.2, 0.25) is 0 Å². The van der Waals surface area contributed by atoms with Crippen LogP contribution in [0.4, 0.5) is 11.4 Å². The van der Waals surface area contributed by atoms with Gasteiger partial charge in [0.2, 0.25) is 10.0 Å². The Morgan fingerprint density at radius 2 is 1.86 bits per heavy atom. The third kappa shape index (κ3) is 3.50. The van der Waals surface area contributed by atoms with E-state index in [9.17, 15) is 8.42 Å². The van der Waals surface area contributed by atoms with Gasteiger partial charge in [0.25, 0.3) is 0 Å². The maximum Gasteiger partial charge on any atom is 0.242 e. The van der Waals surface area contributed by atoms with Gasteiger partial charge >= 0.3 is 0 Å². The summed E-state index contributed by atoms with van der Waals surface area (Å²) in [5, 5.41) is 3.27. The molecular weight excluding hydrogens is 288 g/mol. The average Bonchev–Trinajstić information content (AvgIpc) is 2.48. The first-order chi connectivity index (χ1) is 9.94. The molecule has 0 saturated heterocycles. The normalized spacial score (nSPS) is 12.9. The lowest BCUT2D eigenvalue weighted by atomic mass is 10.1. The molecule has 0 amide bonds. The van der Waals surface area contributed by atoms with Crippen molar-refractivity contribution in [1.82, 2.24) is 9.71 Å². The minimum atomic E-state index is -3.54. The van der Waals surface area contributed by atoms with Crippen molar-refractivity contribution in [2.75, 3.05) is 18.1 Å². The quantitative estimate of drug-likeness (QED) is 0.731. The summed E-state index contributed by atoms with van der Waals surface area (Å²) in [5.41, 5.74) is 7.87. The van der Waals surface area contributed by atoms with E-state index in [1.54, 1.807) is 24.5 Å². The predicted molar refractivity (Wildman–Crippen MR) is 83.4 cm³/mol. The second-order valence-corrected chi connectivity index (χ2v) is 6.46. The molecule has 0 aliphatic heterocycles. The molecular formula is C14H18N4O2S. The van der Waals surface area contributed by atoms with Crippen molar-refractivity contribution in [2.45, 2.75) is 17.9 Å². The molecule has 1 aromatic heterocycles. The summed E-state index contributed by atoms with van der Waals surface area (Å²) >= 11 is 0. The summed E-state index contributed by atoms with van der Waals surface area (Å²) in [5.74, 6) is 0. The van der Waals surface area contributed by atoms with Gasteiger partial charge in [0.1, 0.15) is 4.90 Å². The van der Waals surface area contributed by atoms with Gasteiger partial charge in [-0.1, -0.05) is 0 Å². The zero-order valence-electron chi connectivity index (χ0n) is 11.9. The molecule has 0 bridgehead atoms. The Hall–Kier alpha value is -2.12. The summed E-state index contributed by atoms with van der Waals surface area (Å²) in [4.78, 5) is 4.05. The lowest BCUT2D eigenvalue weighted by molar-refractivity contribution is 0.588. The summed E-state index contributed by atoms with van der Waals surface area (Å²) in [6, 6.07) is 8.68. The number of hydrogen-bond acceptors (Lipinski definition) is 5. The van der Waals surface area contributed by atoms with E-state index >= 15 is 0 Å². The molecule has 21 heavy (non-hydrogen) atoms. The van der Waals surface area contributed by atoms with Crippen molar-refractivity contribution in [3.05, 3.63) is 48.3 Å². The maximum atomic E-state index is 11.8. The van der Waals surface area contributed by atoms with Crippen molar-refractivity contribution in [1.29, 1.82) is 0 Å². The number of sulfonamides is 1. The summed E-state index contributed by atoms with van der Waals surface area (Å²) in [6.07, 6.45) is 3.45. The molecule has 1 unspecified atom stereocenters. The van der Waals surface area contributed by atoms with E-state index in [4.69, 9.17) is 5.73 Å². The molecule has 112 valence electrons. The fourth-order valence-corrected chi connectivity index (χ4v) is 2.81. The molecule has 2 aromatic rings. The molecule has 0 aliphatic carbocycles. The largest absolute Gasteiger partial charge is 0.398 e. The zero-order valence-corrected chi connectivity index (χ0v) is 12.7. The number of nitrogens with zero attached hydrogens (tertiary/aromatic N) is 1. The second kappa shape index (κ2) is 6.11. The smallest absolute Gasteiger partial charge is 0.242 e. The first-order valence-corrected chi connectivity index (χ1v) is 7.92. The number of nitrogen functional groups attached to an aromatic ring is 1. The molecule has 0 aliphatic rings. The Morgan fingerprint density at radius 1 is 1.19 bits per heavy atom. The van der Waals surface area contributed by atoms with Gasteiger partial charge < -0.3 is 11.1 Å². The highest BCUT2D eigenvalue weighted by Gasteiger charge is 2.15. The van der Waals surface area contributed by atoms with Gasteiger partial charge in [-0.15, -0.1) is 0 Å². The highest BCUT2D eigenvalue weighted by Crippen LogP contribution is 2.25. The average molecular weight is 306 g/mol. The molecule has 2 rings (SSSR count). The second-order valence-electron chi connectivity index (χ2n) is 4.61. The van der Waals surface area contributed by atoms with Gasteiger partial charge in [-0.3, -0.25) is 4.98 Å². The van der Waals surface area contributed by atoms with Crippen LogP contribution in [0.3, 0.4) is 0 Å². The third-order valence-electron chi connectivity index (χ3n) is 3.16. The maximum absolute atomic E-state index is 11.8. The summed E-state index contributed by atoms with van der Waals surface area (Å²) < 4.78 is 25.8. The number of pyridine rings is 1. The fourth-order valence-electron chi connectivity index (χ4n) is 1.98. The Bertz CT molecular complexity index is 717. The molecule has 0 fully saturated rings. The Labute approximate surface area is 124 Å². The number of benzene rings is 1. The van der Waals surface area contributed by atoms with Crippen molar-refractivity contribution < 1.29 is 8.42 Å². The van der Waals surface area contributed by atoms with E-state index < -0.39 is 10.0 Å². The minimum absolute atomic E-state index is 0.0548. The van der Waals surface area contributed by atoms with Gasteiger partial charge in [0.15, 0.2) is 0 Å². The van der Waals surface area contributed by atoms with E-state index in [0.717, 1.165) is 11.3 Å². The van der Waals surface area contributed by atoms with Crippen molar-refractivity contribution in [2.24, 2.45) is 0 Å². The minimum Gasteiger partial charge on any atom is -0.398 e. The van der Waals surface area contributed by atoms with E-state index in [-0.39, 0.29) is 16.6 Å². The SMILES string of the molecule is CNS(=O)(=O)c1ccc(NC(C)c2ccncc2)cc1N. The molecule has 1 heterocycles. The van der Waals surface area contributed by atoms with Crippen LogP contribution in [-0.2, 0) is 10.0 Å². The van der Waals surface area contributed by atoms with E-state index in [1.165, 1.54) is 13.1 Å². The molecule has 6 nitrogen and oxygen atoms in total. The van der Waals surface area contributed by atoms with Crippen LogP contribution in [0, 0.1) is 0 Å². The van der Waals surface area contributed by atoms with Gasteiger partial charge in [-0.25, -0.2) is 13.1 Å². The van der Waals surface area contributed by atoms with Crippen molar-refractivity contribution in [3.63, 3.8) is 0 Å². The monoisotopic (exact) mass is 306 g/mol. The lowest BCUT2D eigenvalue weighted by Gasteiger charge is -2.16. The first kappa shape index (κ1) is 15.3. The Kier molecular flexibility index (Phi) is 4.44. The van der Waals surface area contributed by atoms with Crippen LogP contribution in [0.5, 0.6) is 0 Å². The van der Waals surface area contributed by atoms with E-state index in [2.05, 4.69) is 15.0 Å². The number of anilines is 2. The lowest BCUT2D eigenvalue weighted by Crippen LogP contribution is -2.20. The van der Waals surface area contributed by atoms with Crippen LogP contribution in [-0.4, -0.2) is 20.4 Å². The van der Waals surface area contributed by atoms with Gasteiger partial charge in [-0.2, -0.15) is 0 Å². The molecule has 1 aromatic carbocycles. The first-order valence-electron chi connectivity index (χ1n) is 6.43. The van der Waals surface area contributed by atoms with Gasteiger partial charge in [0, 0.05) is 24.1 Å². The van der Waals surface area contributed by atoms with Crippen LogP contribution < -0.4 is 15.8 Å². The number of nitrogens with two attached hydrogens (primary N) is 1. The van der Waals surface area contributed by atoms with Crippen LogP contribution in [0.25, 0.3) is 0 Å². The summed E-state index contributed by atoms with van der Waals surface area (Å²) in [6.45, 7) is 2.00. The van der Waals surface area contributed by atoms with Crippen LogP contribution in [0.15, 0.2) is 47.6 Å². The van der Waals surface area contributed by atoms with E-state index in [0.29, 0.717) is 0 Å². The Balaban J connectivity index is 2.22. The molecule has 1 atom stereocenters. The number of nitrogens with one attached hydrogen (secondary N) is 2. The highest BCUT2D eigenvalue weighted by molar-refractivity contribution is 7.89. The van der Waals surface area contributed by atoms with Crippen molar-refractivity contribution >= 4 is 21.4 Å². The molecule has 4 N–H and O–H groups in total. The van der Waals surface area contributed by atoms with Crippen LogP contribution in [0.1, 0.15) is 18.5 Å². The topological polar surface area (TPSA) is 97.1 Å². The predicted octanol–water partition coefficient (Wildman–Crippen LogP) is 1.74. The molecule has 7 heteroatoms. The number of rotatable bonds is 5. The number of aromatic nitrogens is 1. The van der Waals surface area contributed by atoms with Crippen LogP contribution >= 0.6 is 0 Å². The molecule has 0 spiro atoms. The highest BCUT2D eigenvalue weighted by atomic mass is 32.2. The third-order valence-corrected chi connectivity index (χ3v) is 4.65. The zero-order chi connectivity index (χ0) is 15.5. The fraction of sp³-hybridized carbons (Fsp3) is 0.214. The summed E-state index contributed by atoms with van der Waals surface area (Å²) in [7, 11) is -2.18. The number of hydrogen-bond donors (Lipinski definition) is 3. The Morgan fingerprint density at radius 3 is 2.43 bits per heavy atom. The van der Waals surface area contributed by atoms with Gasteiger partial charge in [0.05, 0.1) is 5.69 Å². The van der Waals surface area contributed by atoms with Gasteiger partial charge in [-0.05, 0) is 49.9 Å². The van der Waals surface area contributed by atoms with Crippen molar-refractivity contribution in [3.8, 4) is 0 Å². The molecule has 0 radical (unpaired) electrons. The standard InChI is InChI=1S/C14H18N4O2S/c1-10(11-5-7-17-8-6-11)18-12-3-4-14(13(15)9-12)21(19,20)16-2/h3-10,16,18H,15H2,1-2H3.